The highest BCUT2D eigenvalue weighted by Gasteiger charge is 2.41. The molecular formula is C34H43N5O5. The SMILES string of the molecule is CC(=O)Nc1ccc(NC(=O)CN2CC[C@H]3NC(=O)[C@@H](Cc4ccccc4)NC(=O)C4(C/C=C/C[C@H]3C2)CCOCC4)cc1. The fourth-order valence-electron chi connectivity index (χ4n) is 6.44. The lowest BCUT2D eigenvalue weighted by atomic mass is 9.75. The lowest BCUT2D eigenvalue weighted by Crippen LogP contribution is -2.58. The fraction of sp³-hybridized carbons (Fsp3) is 0.471. The molecule has 44 heavy (non-hydrogen) atoms. The second-order valence-electron chi connectivity index (χ2n) is 12.2. The molecule has 234 valence electrons. The smallest absolute Gasteiger partial charge is 0.243 e. The molecule has 3 aliphatic rings. The highest BCUT2D eigenvalue weighted by Crippen LogP contribution is 2.36. The predicted molar refractivity (Wildman–Crippen MR) is 169 cm³/mol. The number of likely N-dealkylation sites (tertiary alicyclic amines) is 1. The van der Waals surface area contributed by atoms with Crippen LogP contribution in [0.25, 0.3) is 0 Å². The Labute approximate surface area is 259 Å². The Morgan fingerprint density at radius 3 is 2.36 bits per heavy atom. The van der Waals surface area contributed by atoms with Gasteiger partial charge < -0.3 is 26.0 Å². The van der Waals surface area contributed by atoms with E-state index in [4.69, 9.17) is 4.74 Å². The predicted octanol–water partition coefficient (Wildman–Crippen LogP) is 3.26. The van der Waals surface area contributed by atoms with Crippen molar-refractivity contribution in [2.75, 3.05) is 43.5 Å². The molecule has 2 aromatic rings. The summed E-state index contributed by atoms with van der Waals surface area (Å²) in [6.45, 7) is 4.07. The Bertz CT molecular complexity index is 1340. The van der Waals surface area contributed by atoms with E-state index in [0.717, 1.165) is 12.0 Å². The van der Waals surface area contributed by atoms with Crippen molar-refractivity contribution >= 4 is 35.0 Å². The van der Waals surface area contributed by atoms with Crippen LogP contribution in [-0.4, -0.2) is 73.5 Å². The largest absolute Gasteiger partial charge is 0.381 e. The number of anilines is 2. The van der Waals surface area contributed by atoms with Gasteiger partial charge in [0.15, 0.2) is 0 Å². The third kappa shape index (κ3) is 8.33. The second kappa shape index (κ2) is 14.6. The van der Waals surface area contributed by atoms with Crippen molar-refractivity contribution < 1.29 is 23.9 Å². The number of rotatable bonds is 6. The molecule has 4 amide bonds. The summed E-state index contributed by atoms with van der Waals surface area (Å²) in [5.74, 6) is -0.396. The van der Waals surface area contributed by atoms with Crippen LogP contribution in [0.5, 0.6) is 0 Å². The van der Waals surface area contributed by atoms with E-state index in [1.807, 2.05) is 30.3 Å². The summed E-state index contributed by atoms with van der Waals surface area (Å²) in [7, 11) is 0. The number of amides is 4. The first-order valence-electron chi connectivity index (χ1n) is 15.6. The quantitative estimate of drug-likeness (QED) is 0.377. The van der Waals surface area contributed by atoms with Crippen LogP contribution in [0.4, 0.5) is 11.4 Å². The summed E-state index contributed by atoms with van der Waals surface area (Å²) in [5.41, 5.74) is 1.72. The summed E-state index contributed by atoms with van der Waals surface area (Å²) in [5, 5.41) is 12.1. The summed E-state index contributed by atoms with van der Waals surface area (Å²) in [6.07, 6.45) is 7.96. The minimum Gasteiger partial charge on any atom is -0.381 e. The molecule has 3 aliphatic heterocycles. The van der Waals surface area contributed by atoms with Crippen molar-refractivity contribution in [3.63, 3.8) is 0 Å². The van der Waals surface area contributed by atoms with Crippen LogP contribution in [-0.2, 0) is 30.3 Å². The molecule has 3 heterocycles. The van der Waals surface area contributed by atoms with Gasteiger partial charge in [-0.05, 0) is 67.9 Å². The Kier molecular flexibility index (Phi) is 10.4. The third-order valence-electron chi connectivity index (χ3n) is 8.95. The van der Waals surface area contributed by atoms with Gasteiger partial charge in [0.2, 0.25) is 23.6 Å². The minimum atomic E-state index is -0.686. The van der Waals surface area contributed by atoms with Crippen molar-refractivity contribution in [1.82, 2.24) is 15.5 Å². The van der Waals surface area contributed by atoms with Gasteiger partial charge in [-0.25, -0.2) is 0 Å². The average Bonchev–Trinajstić information content (AvgIpc) is 3.01. The van der Waals surface area contributed by atoms with E-state index in [9.17, 15) is 19.2 Å². The molecule has 0 radical (unpaired) electrons. The van der Waals surface area contributed by atoms with Crippen LogP contribution in [0.2, 0.25) is 0 Å². The van der Waals surface area contributed by atoms with E-state index in [0.29, 0.717) is 69.8 Å². The lowest BCUT2D eigenvalue weighted by Gasteiger charge is -2.40. The lowest BCUT2D eigenvalue weighted by molar-refractivity contribution is -0.140. The van der Waals surface area contributed by atoms with E-state index in [1.54, 1.807) is 24.3 Å². The van der Waals surface area contributed by atoms with E-state index in [-0.39, 0.29) is 42.1 Å². The summed E-state index contributed by atoms with van der Waals surface area (Å²) in [4.78, 5) is 53.8. The highest BCUT2D eigenvalue weighted by atomic mass is 16.5. The van der Waals surface area contributed by atoms with Gasteiger partial charge in [0.25, 0.3) is 0 Å². The van der Waals surface area contributed by atoms with Crippen molar-refractivity contribution in [1.29, 1.82) is 0 Å². The maximum absolute atomic E-state index is 13.8. The van der Waals surface area contributed by atoms with E-state index in [2.05, 4.69) is 38.3 Å². The zero-order valence-electron chi connectivity index (χ0n) is 25.3. The minimum absolute atomic E-state index is 0.0700. The second-order valence-corrected chi connectivity index (χ2v) is 12.2. The van der Waals surface area contributed by atoms with Crippen LogP contribution >= 0.6 is 0 Å². The Morgan fingerprint density at radius 2 is 1.66 bits per heavy atom. The number of carbonyl (C=O) groups is 4. The Balaban J connectivity index is 1.27. The maximum atomic E-state index is 13.8. The third-order valence-corrected chi connectivity index (χ3v) is 8.95. The number of carbonyl (C=O) groups excluding carboxylic acids is 4. The molecule has 2 saturated heterocycles. The molecule has 0 bridgehead atoms. The normalized spacial score (nSPS) is 24.9. The number of allylic oxidation sites excluding steroid dienone is 2. The molecule has 2 aromatic carbocycles. The number of fused-ring (bicyclic) bond motifs is 1. The van der Waals surface area contributed by atoms with E-state index >= 15 is 0 Å². The number of nitrogens with zero attached hydrogens (tertiary/aromatic N) is 1. The van der Waals surface area contributed by atoms with Gasteiger partial charge in [0, 0.05) is 57.1 Å². The standard InChI is InChI=1S/C34H43N5O5/c1-24(40)35-27-10-12-28(13-11-27)36-31(41)23-39-18-14-29-26(22-39)9-5-6-15-34(16-19-44-20-17-34)33(43)38-30(32(42)37-29)21-25-7-3-2-4-8-25/h2-8,10-13,26,29-30H,9,14-23H2,1H3,(H,35,40)(H,36,41)(H,37,42)(H,38,43)/b6-5+/t26-,29+,30+/m0/s1. The molecule has 5 rings (SSSR count). The average molecular weight is 602 g/mol. The van der Waals surface area contributed by atoms with Crippen molar-refractivity contribution in [2.45, 2.75) is 57.5 Å². The van der Waals surface area contributed by atoms with Gasteiger partial charge in [-0.3, -0.25) is 24.1 Å². The van der Waals surface area contributed by atoms with Gasteiger partial charge in [-0.2, -0.15) is 0 Å². The molecule has 2 fully saturated rings. The number of hydrogen-bond donors (Lipinski definition) is 4. The van der Waals surface area contributed by atoms with E-state index < -0.39 is 11.5 Å². The number of hydrogen-bond acceptors (Lipinski definition) is 6. The van der Waals surface area contributed by atoms with Crippen molar-refractivity contribution in [3.8, 4) is 0 Å². The van der Waals surface area contributed by atoms with Gasteiger partial charge >= 0.3 is 0 Å². The van der Waals surface area contributed by atoms with Gasteiger partial charge in [-0.15, -0.1) is 0 Å². The first kappa shape index (κ1) is 31.4. The summed E-state index contributed by atoms with van der Waals surface area (Å²) in [6, 6.07) is 16.1. The van der Waals surface area contributed by atoms with Crippen molar-refractivity contribution in [2.24, 2.45) is 11.3 Å². The monoisotopic (exact) mass is 601 g/mol. The van der Waals surface area contributed by atoms with Crippen LogP contribution in [0, 0.1) is 11.3 Å². The highest BCUT2D eigenvalue weighted by molar-refractivity contribution is 5.93. The molecule has 4 N–H and O–H groups in total. The fourth-order valence-corrected chi connectivity index (χ4v) is 6.44. The number of benzene rings is 2. The molecule has 0 unspecified atom stereocenters. The molecule has 0 aromatic heterocycles. The topological polar surface area (TPSA) is 129 Å². The van der Waals surface area contributed by atoms with Gasteiger partial charge in [0.05, 0.1) is 12.0 Å². The number of piperidine rings is 1. The zero-order chi connectivity index (χ0) is 30.9. The molecule has 1 spiro atoms. The van der Waals surface area contributed by atoms with Crippen LogP contribution < -0.4 is 21.3 Å². The van der Waals surface area contributed by atoms with Crippen molar-refractivity contribution in [3.05, 3.63) is 72.3 Å². The molecule has 10 nitrogen and oxygen atoms in total. The van der Waals surface area contributed by atoms with Crippen LogP contribution in [0.3, 0.4) is 0 Å². The number of nitrogens with one attached hydrogen (secondary N) is 4. The van der Waals surface area contributed by atoms with Gasteiger partial charge in [0.1, 0.15) is 6.04 Å². The molecule has 3 atom stereocenters. The van der Waals surface area contributed by atoms with Crippen LogP contribution in [0.15, 0.2) is 66.7 Å². The molecule has 0 aliphatic carbocycles. The molecular weight excluding hydrogens is 558 g/mol. The zero-order valence-corrected chi connectivity index (χ0v) is 25.3. The first-order chi connectivity index (χ1) is 21.3. The molecule has 10 heteroatoms. The summed E-state index contributed by atoms with van der Waals surface area (Å²) < 4.78 is 5.60. The number of ether oxygens (including phenoxy) is 1. The Hall–Kier alpha value is -4.02. The van der Waals surface area contributed by atoms with E-state index in [1.165, 1.54) is 6.92 Å². The van der Waals surface area contributed by atoms with Gasteiger partial charge in [-0.1, -0.05) is 42.5 Å². The first-order valence-corrected chi connectivity index (χ1v) is 15.6. The molecule has 0 saturated carbocycles. The van der Waals surface area contributed by atoms with Crippen LogP contribution in [0.1, 0.15) is 44.6 Å². The Morgan fingerprint density at radius 1 is 0.955 bits per heavy atom. The maximum Gasteiger partial charge on any atom is 0.243 e. The summed E-state index contributed by atoms with van der Waals surface area (Å²) >= 11 is 0.